The lowest BCUT2D eigenvalue weighted by atomic mass is 10.3. The van der Waals surface area contributed by atoms with Crippen molar-refractivity contribution in [2.75, 3.05) is 46.9 Å². The van der Waals surface area contributed by atoms with Gasteiger partial charge in [-0.1, -0.05) is 25.1 Å². The molecule has 1 aromatic carbocycles. The minimum atomic E-state index is 0. The summed E-state index contributed by atoms with van der Waals surface area (Å²) in [4.78, 5) is 6.42. The van der Waals surface area contributed by atoms with Gasteiger partial charge in [0.2, 0.25) is 0 Å². The monoisotopic (exact) mass is 406 g/mol. The molecule has 120 valence electrons. The molecule has 0 spiro atoms. The van der Waals surface area contributed by atoms with Gasteiger partial charge in [0.15, 0.2) is 5.96 Å². The molecule has 6 heteroatoms. The molecule has 0 saturated carbocycles. The van der Waals surface area contributed by atoms with E-state index >= 15 is 0 Å². The first kappa shape index (κ1) is 20.0. The number of benzene rings is 1. The highest BCUT2D eigenvalue weighted by molar-refractivity contribution is 14.0. The van der Waals surface area contributed by atoms with E-state index in [0.29, 0.717) is 6.61 Å². The molecule has 1 aromatic rings. The van der Waals surface area contributed by atoms with E-state index in [1.807, 2.05) is 30.3 Å². The van der Waals surface area contributed by atoms with Gasteiger partial charge in [0.25, 0.3) is 0 Å². The predicted molar refractivity (Wildman–Crippen MR) is 99.9 cm³/mol. The number of hydrogen-bond acceptors (Lipinski definition) is 3. The van der Waals surface area contributed by atoms with Crippen LogP contribution in [0, 0.1) is 0 Å². The Morgan fingerprint density at radius 2 is 1.86 bits per heavy atom. The lowest BCUT2D eigenvalue weighted by molar-refractivity contribution is 0.321. The third-order valence-electron chi connectivity index (χ3n) is 2.96. The zero-order valence-corrected chi connectivity index (χ0v) is 15.5. The Balaban J connectivity index is 0.00000400. The quantitative estimate of drug-likeness (QED) is 0.299. The van der Waals surface area contributed by atoms with Crippen LogP contribution >= 0.6 is 24.0 Å². The summed E-state index contributed by atoms with van der Waals surface area (Å²) in [6, 6.07) is 9.81. The van der Waals surface area contributed by atoms with Crippen LogP contribution in [-0.4, -0.2) is 57.7 Å². The van der Waals surface area contributed by atoms with Crippen LogP contribution in [0.5, 0.6) is 5.75 Å². The third-order valence-corrected chi connectivity index (χ3v) is 2.96. The molecule has 0 aromatic heterocycles. The molecule has 0 aliphatic carbocycles. The second kappa shape index (κ2) is 12.7. The van der Waals surface area contributed by atoms with Crippen molar-refractivity contribution in [2.45, 2.75) is 6.92 Å². The second-order valence-electron chi connectivity index (χ2n) is 4.48. The van der Waals surface area contributed by atoms with Gasteiger partial charge in [-0.15, -0.1) is 24.0 Å². The molecule has 5 nitrogen and oxygen atoms in total. The summed E-state index contributed by atoms with van der Waals surface area (Å²) in [5.74, 6) is 1.70. The predicted octanol–water partition coefficient (Wildman–Crippen LogP) is 1.80. The number of halogens is 1. The Morgan fingerprint density at radius 3 is 2.48 bits per heavy atom. The van der Waals surface area contributed by atoms with E-state index in [0.717, 1.165) is 37.9 Å². The third kappa shape index (κ3) is 9.52. The van der Waals surface area contributed by atoms with Crippen LogP contribution in [0.3, 0.4) is 0 Å². The Kier molecular flexibility index (Phi) is 12.1. The number of ether oxygens (including phenoxy) is 1. The summed E-state index contributed by atoms with van der Waals surface area (Å²) in [7, 11) is 3.88. The van der Waals surface area contributed by atoms with Crippen molar-refractivity contribution in [1.82, 2.24) is 15.5 Å². The number of aliphatic imine (C=N–C) groups is 1. The molecule has 0 saturated heterocycles. The highest BCUT2D eigenvalue weighted by Gasteiger charge is 1.98. The Bertz CT molecular complexity index is 387. The van der Waals surface area contributed by atoms with Crippen LogP contribution in [-0.2, 0) is 0 Å². The van der Waals surface area contributed by atoms with E-state index < -0.39 is 0 Å². The Morgan fingerprint density at radius 1 is 1.19 bits per heavy atom. The fraction of sp³-hybridized carbons (Fsp3) is 0.533. The summed E-state index contributed by atoms with van der Waals surface area (Å²) in [6.45, 7) is 6.41. The van der Waals surface area contributed by atoms with Crippen LogP contribution in [0.1, 0.15) is 6.92 Å². The molecule has 0 radical (unpaired) electrons. The fourth-order valence-corrected chi connectivity index (χ4v) is 1.60. The normalized spacial score (nSPS) is 11.0. The summed E-state index contributed by atoms with van der Waals surface area (Å²) in [6.07, 6.45) is 0. The molecule has 0 heterocycles. The number of nitrogens with one attached hydrogen (secondary N) is 2. The zero-order valence-electron chi connectivity index (χ0n) is 13.1. The molecule has 0 aliphatic heterocycles. The second-order valence-corrected chi connectivity index (χ2v) is 4.48. The summed E-state index contributed by atoms with van der Waals surface area (Å²) in [5.41, 5.74) is 0. The first-order valence-corrected chi connectivity index (χ1v) is 7.07. The first-order chi connectivity index (χ1) is 9.76. The molecular formula is C15H27IN4O. The number of para-hydroxylation sites is 1. The summed E-state index contributed by atoms with van der Waals surface area (Å²) < 4.78 is 5.61. The summed E-state index contributed by atoms with van der Waals surface area (Å²) >= 11 is 0. The molecule has 0 aliphatic rings. The van der Waals surface area contributed by atoms with Gasteiger partial charge in [0.05, 0.1) is 6.54 Å². The van der Waals surface area contributed by atoms with Crippen molar-refractivity contribution >= 4 is 29.9 Å². The SMILES string of the molecule is CCN(C)CCNC(=NC)NCCOc1ccccc1.I. The van der Waals surface area contributed by atoms with E-state index in [-0.39, 0.29) is 24.0 Å². The maximum Gasteiger partial charge on any atom is 0.191 e. The maximum atomic E-state index is 5.61. The summed E-state index contributed by atoms with van der Waals surface area (Å²) in [5, 5.41) is 6.50. The number of nitrogens with zero attached hydrogens (tertiary/aromatic N) is 2. The van der Waals surface area contributed by atoms with Gasteiger partial charge in [0, 0.05) is 20.1 Å². The molecule has 0 atom stereocenters. The van der Waals surface area contributed by atoms with Gasteiger partial charge in [-0.2, -0.15) is 0 Å². The number of rotatable bonds is 8. The van der Waals surface area contributed by atoms with Crippen LogP contribution in [0.15, 0.2) is 35.3 Å². The number of likely N-dealkylation sites (N-methyl/N-ethyl adjacent to an activating group) is 1. The molecule has 2 N–H and O–H groups in total. The smallest absolute Gasteiger partial charge is 0.191 e. The van der Waals surface area contributed by atoms with Gasteiger partial charge in [-0.25, -0.2) is 0 Å². The molecule has 0 unspecified atom stereocenters. The van der Waals surface area contributed by atoms with E-state index in [2.05, 4.69) is 34.5 Å². The van der Waals surface area contributed by atoms with E-state index in [1.54, 1.807) is 7.05 Å². The van der Waals surface area contributed by atoms with Crippen molar-refractivity contribution in [1.29, 1.82) is 0 Å². The van der Waals surface area contributed by atoms with Crippen molar-refractivity contribution in [3.63, 3.8) is 0 Å². The highest BCUT2D eigenvalue weighted by atomic mass is 127. The van der Waals surface area contributed by atoms with Crippen LogP contribution in [0.4, 0.5) is 0 Å². The van der Waals surface area contributed by atoms with Gasteiger partial charge in [-0.3, -0.25) is 4.99 Å². The standard InChI is InChI=1S/C15H26N4O.HI/c1-4-19(3)12-10-17-15(16-2)18-11-13-20-14-8-6-5-7-9-14;/h5-9H,4,10-13H2,1-3H3,(H2,16,17,18);1H. The van der Waals surface area contributed by atoms with Crippen LogP contribution in [0.2, 0.25) is 0 Å². The van der Waals surface area contributed by atoms with Crippen molar-refractivity contribution in [3.8, 4) is 5.75 Å². The first-order valence-electron chi connectivity index (χ1n) is 7.07. The van der Waals surface area contributed by atoms with Crippen molar-refractivity contribution in [2.24, 2.45) is 4.99 Å². The average Bonchev–Trinajstić information content (AvgIpc) is 2.50. The highest BCUT2D eigenvalue weighted by Crippen LogP contribution is 2.07. The minimum absolute atomic E-state index is 0. The Hall–Kier alpha value is -1.02. The van der Waals surface area contributed by atoms with Crippen molar-refractivity contribution < 1.29 is 4.74 Å². The van der Waals surface area contributed by atoms with E-state index in [9.17, 15) is 0 Å². The minimum Gasteiger partial charge on any atom is -0.492 e. The molecule has 21 heavy (non-hydrogen) atoms. The maximum absolute atomic E-state index is 5.61. The van der Waals surface area contributed by atoms with Crippen LogP contribution < -0.4 is 15.4 Å². The molecular weight excluding hydrogens is 379 g/mol. The lowest BCUT2D eigenvalue weighted by Crippen LogP contribution is -2.42. The fourth-order valence-electron chi connectivity index (χ4n) is 1.60. The Labute approximate surface area is 145 Å². The molecule has 1 rings (SSSR count). The number of guanidine groups is 1. The largest absolute Gasteiger partial charge is 0.492 e. The topological polar surface area (TPSA) is 48.9 Å². The van der Waals surface area contributed by atoms with Crippen molar-refractivity contribution in [3.05, 3.63) is 30.3 Å². The van der Waals surface area contributed by atoms with E-state index in [4.69, 9.17) is 4.74 Å². The lowest BCUT2D eigenvalue weighted by Gasteiger charge is -2.16. The molecule has 0 fully saturated rings. The van der Waals surface area contributed by atoms with Gasteiger partial charge in [0.1, 0.15) is 12.4 Å². The van der Waals surface area contributed by atoms with Gasteiger partial charge < -0.3 is 20.3 Å². The zero-order chi connectivity index (χ0) is 14.6. The average molecular weight is 406 g/mol. The number of hydrogen-bond donors (Lipinski definition) is 2. The van der Waals surface area contributed by atoms with Gasteiger partial charge in [-0.05, 0) is 25.7 Å². The molecule has 0 amide bonds. The van der Waals surface area contributed by atoms with Gasteiger partial charge >= 0.3 is 0 Å². The van der Waals surface area contributed by atoms with E-state index in [1.165, 1.54) is 0 Å². The molecule has 0 bridgehead atoms. The van der Waals surface area contributed by atoms with Crippen LogP contribution in [0.25, 0.3) is 0 Å².